The quantitative estimate of drug-likeness (QED) is 0.767. The third-order valence-corrected chi connectivity index (χ3v) is 3.18. The van der Waals surface area contributed by atoms with Gasteiger partial charge in [-0.25, -0.2) is 0 Å². The highest BCUT2D eigenvalue weighted by atomic mass is 35.5. The number of hydrogen-bond donors (Lipinski definition) is 2. The second kappa shape index (κ2) is 4.94. The second-order valence-electron chi connectivity index (χ2n) is 4.18. The van der Waals surface area contributed by atoms with Gasteiger partial charge in [-0.05, 0) is 24.3 Å². The van der Waals surface area contributed by atoms with E-state index in [4.69, 9.17) is 26.5 Å². The van der Waals surface area contributed by atoms with Crippen LogP contribution in [0.2, 0.25) is 5.02 Å². The van der Waals surface area contributed by atoms with Crippen LogP contribution in [0.25, 0.3) is 11.0 Å². The molecule has 3 aromatic rings. The highest BCUT2D eigenvalue weighted by molar-refractivity contribution is 6.31. The molecule has 0 amide bonds. The van der Waals surface area contributed by atoms with Gasteiger partial charge in [-0.1, -0.05) is 11.6 Å². The van der Waals surface area contributed by atoms with Gasteiger partial charge in [0.2, 0.25) is 5.88 Å². The van der Waals surface area contributed by atoms with Crippen molar-refractivity contribution >= 4 is 39.8 Å². The molecule has 0 radical (unpaired) electrons. The Balaban J connectivity index is 2.09. The summed E-state index contributed by atoms with van der Waals surface area (Å²) in [7, 11) is 1.59. The van der Waals surface area contributed by atoms with Crippen molar-refractivity contribution in [2.75, 3.05) is 18.2 Å². The first kappa shape index (κ1) is 12.6. The standard InChI is InChI=1S/C14H12ClN3O2/c1-19-11-3-2-8(15)6-10(11)18-13-9-4-5-17-7-12(9)20-14(13)16/h2-7,18H,16H2,1H3. The predicted molar refractivity (Wildman–Crippen MR) is 79.7 cm³/mol. The maximum absolute atomic E-state index is 6.01. The fourth-order valence-corrected chi connectivity index (χ4v) is 2.18. The number of aromatic nitrogens is 1. The Kier molecular flexibility index (Phi) is 3.12. The smallest absolute Gasteiger partial charge is 0.215 e. The van der Waals surface area contributed by atoms with Crippen molar-refractivity contribution in [1.29, 1.82) is 0 Å². The van der Waals surface area contributed by atoms with Crippen LogP contribution in [-0.2, 0) is 0 Å². The monoisotopic (exact) mass is 289 g/mol. The van der Waals surface area contributed by atoms with Crippen LogP contribution in [0.15, 0.2) is 41.1 Å². The molecule has 0 unspecified atom stereocenters. The topological polar surface area (TPSA) is 73.3 Å². The predicted octanol–water partition coefficient (Wildman–Crippen LogP) is 3.82. The maximum Gasteiger partial charge on any atom is 0.215 e. The van der Waals surface area contributed by atoms with Crippen LogP contribution in [0, 0.1) is 0 Å². The van der Waals surface area contributed by atoms with E-state index in [9.17, 15) is 0 Å². The number of nitrogens with one attached hydrogen (secondary N) is 1. The number of benzene rings is 1. The number of ether oxygens (including phenoxy) is 1. The van der Waals surface area contributed by atoms with E-state index in [-0.39, 0.29) is 5.88 Å². The van der Waals surface area contributed by atoms with Gasteiger partial charge in [0.1, 0.15) is 11.4 Å². The third-order valence-electron chi connectivity index (χ3n) is 2.94. The van der Waals surface area contributed by atoms with Gasteiger partial charge in [-0.3, -0.25) is 4.98 Å². The number of pyridine rings is 1. The van der Waals surface area contributed by atoms with E-state index in [0.717, 1.165) is 5.39 Å². The normalized spacial score (nSPS) is 10.7. The number of furan rings is 1. The van der Waals surface area contributed by atoms with Crippen molar-refractivity contribution in [3.8, 4) is 5.75 Å². The summed E-state index contributed by atoms with van der Waals surface area (Å²) in [5.41, 5.74) is 7.90. The lowest BCUT2D eigenvalue weighted by Gasteiger charge is -2.11. The molecule has 3 N–H and O–H groups in total. The van der Waals surface area contributed by atoms with E-state index >= 15 is 0 Å². The number of nitrogens with zero attached hydrogens (tertiary/aromatic N) is 1. The van der Waals surface area contributed by atoms with Crippen molar-refractivity contribution in [3.05, 3.63) is 41.7 Å². The molecule has 102 valence electrons. The summed E-state index contributed by atoms with van der Waals surface area (Å²) in [4.78, 5) is 4.00. The molecule has 0 bridgehead atoms. The van der Waals surface area contributed by atoms with Crippen molar-refractivity contribution in [2.24, 2.45) is 0 Å². The van der Waals surface area contributed by atoms with E-state index in [2.05, 4.69) is 10.3 Å². The zero-order valence-corrected chi connectivity index (χ0v) is 11.4. The van der Waals surface area contributed by atoms with Gasteiger partial charge in [0, 0.05) is 16.6 Å². The molecule has 0 aliphatic rings. The van der Waals surface area contributed by atoms with E-state index < -0.39 is 0 Å². The number of anilines is 3. The largest absolute Gasteiger partial charge is 0.495 e. The summed E-state index contributed by atoms with van der Waals surface area (Å²) in [5.74, 6) is 0.951. The molecular formula is C14H12ClN3O2. The first-order chi connectivity index (χ1) is 9.69. The van der Waals surface area contributed by atoms with Crippen LogP contribution in [0.4, 0.5) is 17.3 Å². The summed E-state index contributed by atoms with van der Waals surface area (Å²) in [6.07, 6.45) is 3.30. The van der Waals surface area contributed by atoms with E-state index in [0.29, 0.717) is 27.7 Å². The van der Waals surface area contributed by atoms with Crippen LogP contribution >= 0.6 is 11.6 Å². The molecule has 2 aromatic heterocycles. The van der Waals surface area contributed by atoms with Gasteiger partial charge < -0.3 is 20.2 Å². The summed E-state index contributed by atoms with van der Waals surface area (Å²) in [6, 6.07) is 7.13. The number of halogens is 1. The number of rotatable bonds is 3. The van der Waals surface area contributed by atoms with Crippen LogP contribution in [-0.4, -0.2) is 12.1 Å². The molecule has 0 atom stereocenters. The summed E-state index contributed by atoms with van der Waals surface area (Å²) < 4.78 is 10.8. The Labute approximate surface area is 120 Å². The third kappa shape index (κ3) is 2.12. The van der Waals surface area contributed by atoms with Gasteiger partial charge in [-0.2, -0.15) is 0 Å². The molecular weight excluding hydrogens is 278 g/mol. The number of nitrogens with two attached hydrogens (primary N) is 1. The molecule has 2 heterocycles. The van der Waals surface area contributed by atoms with Gasteiger partial charge in [0.05, 0.1) is 19.0 Å². The second-order valence-corrected chi connectivity index (χ2v) is 4.62. The van der Waals surface area contributed by atoms with E-state index in [1.54, 1.807) is 37.7 Å². The summed E-state index contributed by atoms with van der Waals surface area (Å²) >= 11 is 6.01. The maximum atomic E-state index is 6.01. The first-order valence-electron chi connectivity index (χ1n) is 5.91. The van der Waals surface area contributed by atoms with Crippen molar-refractivity contribution in [2.45, 2.75) is 0 Å². The Morgan fingerprint density at radius 2 is 2.20 bits per heavy atom. The minimum atomic E-state index is 0.287. The lowest BCUT2D eigenvalue weighted by Crippen LogP contribution is -1.96. The number of methoxy groups -OCH3 is 1. The highest BCUT2D eigenvalue weighted by Gasteiger charge is 2.14. The SMILES string of the molecule is COc1ccc(Cl)cc1Nc1c(N)oc2cnccc12. The minimum Gasteiger partial charge on any atom is -0.495 e. The average molecular weight is 290 g/mol. The number of hydrogen-bond acceptors (Lipinski definition) is 5. The average Bonchev–Trinajstić information content (AvgIpc) is 2.76. The molecule has 0 aliphatic carbocycles. The molecule has 3 rings (SSSR count). The first-order valence-corrected chi connectivity index (χ1v) is 6.29. The van der Waals surface area contributed by atoms with Gasteiger partial charge in [-0.15, -0.1) is 0 Å². The zero-order chi connectivity index (χ0) is 14.1. The molecule has 0 saturated heterocycles. The fourth-order valence-electron chi connectivity index (χ4n) is 2.01. The van der Waals surface area contributed by atoms with E-state index in [1.165, 1.54) is 0 Å². The molecule has 1 aromatic carbocycles. The molecule has 6 heteroatoms. The van der Waals surface area contributed by atoms with Gasteiger partial charge in [0.25, 0.3) is 0 Å². The lowest BCUT2D eigenvalue weighted by atomic mass is 10.2. The molecule has 0 fully saturated rings. The molecule has 20 heavy (non-hydrogen) atoms. The molecule has 0 spiro atoms. The van der Waals surface area contributed by atoms with E-state index in [1.807, 2.05) is 6.07 Å². The summed E-state index contributed by atoms with van der Waals surface area (Å²) in [6.45, 7) is 0. The Morgan fingerprint density at radius 3 is 3.00 bits per heavy atom. The molecule has 0 aliphatic heterocycles. The molecule has 5 nitrogen and oxygen atoms in total. The fraction of sp³-hybridized carbons (Fsp3) is 0.0714. The van der Waals surface area contributed by atoms with Gasteiger partial charge >= 0.3 is 0 Å². The van der Waals surface area contributed by atoms with Crippen molar-refractivity contribution in [1.82, 2.24) is 4.98 Å². The zero-order valence-electron chi connectivity index (χ0n) is 10.7. The van der Waals surface area contributed by atoms with Crippen molar-refractivity contribution < 1.29 is 9.15 Å². The van der Waals surface area contributed by atoms with Crippen molar-refractivity contribution in [3.63, 3.8) is 0 Å². The lowest BCUT2D eigenvalue weighted by molar-refractivity contribution is 0.417. The van der Waals surface area contributed by atoms with Crippen LogP contribution in [0.3, 0.4) is 0 Å². The molecule has 0 saturated carbocycles. The number of nitrogen functional groups attached to an aromatic ring is 1. The Bertz CT molecular complexity index is 770. The number of fused-ring (bicyclic) bond motifs is 1. The highest BCUT2D eigenvalue weighted by Crippen LogP contribution is 2.37. The Hall–Kier alpha value is -2.40. The Morgan fingerprint density at radius 1 is 1.35 bits per heavy atom. The van der Waals surface area contributed by atoms with Crippen LogP contribution in [0.1, 0.15) is 0 Å². The minimum absolute atomic E-state index is 0.287. The summed E-state index contributed by atoms with van der Waals surface area (Å²) in [5, 5.41) is 4.64. The van der Waals surface area contributed by atoms with Gasteiger partial charge in [0.15, 0.2) is 5.58 Å². The van der Waals surface area contributed by atoms with Crippen LogP contribution in [0.5, 0.6) is 5.75 Å². The van der Waals surface area contributed by atoms with Crippen LogP contribution < -0.4 is 15.8 Å².